The Balaban J connectivity index is 1.95. The number of rotatable bonds is 3. The van der Waals surface area contributed by atoms with Gasteiger partial charge in [0, 0.05) is 11.1 Å². The second-order valence-corrected chi connectivity index (χ2v) is 4.95. The van der Waals surface area contributed by atoms with Crippen molar-refractivity contribution in [1.29, 1.82) is 0 Å². The molecule has 3 nitrogen and oxygen atoms in total. The lowest BCUT2D eigenvalue weighted by Gasteiger charge is -2.17. The number of carbonyl (C=O) groups is 1. The molecule has 2 aromatic carbocycles. The Hall–Kier alpha value is -2.36. The van der Waals surface area contributed by atoms with Gasteiger partial charge in [-0.3, -0.25) is 4.79 Å². The summed E-state index contributed by atoms with van der Waals surface area (Å²) in [5, 5.41) is 0. The van der Waals surface area contributed by atoms with Crippen LogP contribution in [0, 0.1) is 5.82 Å². The summed E-state index contributed by atoms with van der Waals surface area (Å²) in [6.07, 6.45) is 1.86. The molecule has 0 radical (unpaired) electrons. The third kappa shape index (κ3) is 2.61. The van der Waals surface area contributed by atoms with Crippen LogP contribution in [0.3, 0.4) is 0 Å². The Labute approximate surface area is 122 Å². The fourth-order valence-electron chi connectivity index (χ4n) is 2.47. The van der Waals surface area contributed by atoms with Crippen molar-refractivity contribution in [2.24, 2.45) is 0 Å². The van der Waals surface area contributed by atoms with Crippen LogP contribution in [0.5, 0.6) is 11.5 Å². The summed E-state index contributed by atoms with van der Waals surface area (Å²) in [7, 11) is 1.38. The lowest BCUT2D eigenvalue weighted by molar-refractivity contribution is 0.103. The minimum atomic E-state index is -0.479. The van der Waals surface area contributed by atoms with Crippen molar-refractivity contribution in [3.63, 3.8) is 0 Å². The number of methoxy groups -OCH3 is 1. The maximum atomic E-state index is 13.4. The zero-order chi connectivity index (χ0) is 14.8. The van der Waals surface area contributed by atoms with Gasteiger partial charge < -0.3 is 9.47 Å². The number of halogens is 1. The molecular formula is C17H15FO3. The van der Waals surface area contributed by atoms with E-state index in [2.05, 4.69) is 0 Å². The summed E-state index contributed by atoms with van der Waals surface area (Å²) in [6.45, 7) is 0.718. The van der Waals surface area contributed by atoms with Crippen LogP contribution < -0.4 is 9.47 Å². The first kappa shape index (κ1) is 13.6. The van der Waals surface area contributed by atoms with Crippen LogP contribution in [0.2, 0.25) is 0 Å². The van der Waals surface area contributed by atoms with Gasteiger partial charge >= 0.3 is 0 Å². The fraction of sp³-hybridized carbons (Fsp3) is 0.235. The van der Waals surface area contributed by atoms with Gasteiger partial charge in [0.1, 0.15) is 5.75 Å². The largest absolute Gasteiger partial charge is 0.494 e. The number of aryl methyl sites for hydroxylation is 1. The predicted molar refractivity (Wildman–Crippen MR) is 76.6 cm³/mol. The van der Waals surface area contributed by atoms with Gasteiger partial charge in [0.15, 0.2) is 17.3 Å². The van der Waals surface area contributed by atoms with E-state index in [0.717, 1.165) is 30.8 Å². The molecule has 0 spiro atoms. The summed E-state index contributed by atoms with van der Waals surface area (Å²) < 4.78 is 23.9. The van der Waals surface area contributed by atoms with Crippen molar-refractivity contribution in [3.05, 3.63) is 58.9 Å². The Morgan fingerprint density at radius 1 is 1.19 bits per heavy atom. The molecule has 0 amide bonds. The Morgan fingerprint density at radius 2 is 1.95 bits per heavy atom. The van der Waals surface area contributed by atoms with Gasteiger partial charge in [-0.15, -0.1) is 0 Å². The molecule has 0 fully saturated rings. The molecule has 0 bridgehead atoms. The van der Waals surface area contributed by atoms with E-state index >= 15 is 0 Å². The quantitative estimate of drug-likeness (QED) is 0.811. The van der Waals surface area contributed by atoms with Crippen LogP contribution >= 0.6 is 0 Å². The zero-order valence-corrected chi connectivity index (χ0v) is 11.7. The average Bonchev–Trinajstić information content (AvgIpc) is 2.54. The van der Waals surface area contributed by atoms with E-state index in [1.165, 1.54) is 25.3 Å². The van der Waals surface area contributed by atoms with E-state index in [0.29, 0.717) is 11.1 Å². The number of hydrogen-bond donors (Lipinski definition) is 0. The van der Waals surface area contributed by atoms with E-state index in [-0.39, 0.29) is 11.5 Å². The smallest absolute Gasteiger partial charge is 0.193 e. The highest BCUT2D eigenvalue weighted by Crippen LogP contribution is 2.27. The van der Waals surface area contributed by atoms with Crippen LogP contribution in [0.4, 0.5) is 4.39 Å². The maximum absolute atomic E-state index is 13.4. The maximum Gasteiger partial charge on any atom is 0.193 e. The van der Waals surface area contributed by atoms with E-state index in [9.17, 15) is 9.18 Å². The van der Waals surface area contributed by atoms with E-state index < -0.39 is 5.82 Å². The Morgan fingerprint density at radius 3 is 2.76 bits per heavy atom. The molecule has 0 saturated heterocycles. The molecular weight excluding hydrogens is 271 g/mol. The van der Waals surface area contributed by atoms with Crippen LogP contribution in [-0.4, -0.2) is 19.5 Å². The van der Waals surface area contributed by atoms with Gasteiger partial charge in [-0.1, -0.05) is 0 Å². The van der Waals surface area contributed by atoms with Crippen molar-refractivity contribution in [2.45, 2.75) is 12.8 Å². The fourth-order valence-corrected chi connectivity index (χ4v) is 2.47. The second kappa shape index (κ2) is 5.56. The SMILES string of the molecule is COc1cc(C(=O)c2ccc3c(c2)CCCO3)ccc1F. The Kier molecular flexibility index (Phi) is 3.60. The van der Waals surface area contributed by atoms with Crippen molar-refractivity contribution >= 4 is 5.78 Å². The molecule has 2 aromatic rings. The number of carbonyl (C=O) groups excluding carboxylic acids is 1. The molecule has 21 heavy (non-hydrogen) atoms. The van der Waals surface area contributed by atoms with Crippen molar-refractivity contribution in [3.8, 4) is 11.5 Å². The van der Waals surface area contributed by atoms with Gasteiger partial charge in [-0.05, 0) is 54.8 Å². The number of ketones is 1. The molecule has 0 aliphatic carbocycles. The minimum absolute atomic E-state index is 0.0714. The van der Waals surface area contributed by atoms with Crippen LogP contribution in [0.1, 0.15) is 27.9 Å². The highest BCUT2D eigenvalue weighted by molar-refractivity contribution is 6.09. The van der Waals surface area contributed by atoms with Crippen LogP contribution in [0.15, 0.2) is 36.4 Å². The highest BCUT2D eigenvalue weighted by atomic mass is 19.1. The monoisotopic (exact) mass is 286 g/mol. The summed E-state index contributed by atoms with van der Waals surface area (Å²) in [5.74, 6) is 0.284. The molecule has 108 valence electrons. The first-order chi connectivity index (χ1) is 10.2. The molecule has 0 N–H and O–H groups in total. The topological polar surface area (TPSA) is 35.5 Å². The normalized spacial score (nSPS) is 13.2. The van der Waals surface area contributed by atoms with Crippen LogP contribution in [0.25, 0.3) is 0 Å². The first-order valence-electron chi connectivity index (χ1n) is 6.83. The summed E-state index contributed by atoms with van der Waals surface area (Å²) >= 11 is 0. The van der Waals surface area contributed by atoms with Gasteiger partial charge in [-0.2, -0.15) is 0 Å². The third-order valence-corrected chi connectivity index (χ3v) is 3.58. The van der Waals surface area contributed by atoms with Crippen molar-refractivity contribution in [2.75, 3.05) is 13.7 Å². The average molecular weight is 286 g/mol. The zero-order valence-electron chi connectivity index (χ0n) is 11.7. The summed E-state index contributed by atoms with van der Waals surface area (Å²) in [6, 6.07) is 9.55. The molecule has 1 aliphatic heterocycles. The standard InChI is InChI=1S/C17H15FO3/c1-20-16-10-13(4-6-14(16)18)17(19)12-5-7-15-11(9-12)3-2-8-21-15/h4-7,9-10H,2-3,8H2,1H3. The number of benzene rings is 2. The first-order valence-corrected chi connectivity index (χ1v) is 6.83. The molecule has 1 aliphatic rings. The van der Waals surface area contributed by atoms with Crippen molar-refractivity contribution in [1.82, 2.24) is 0 Å². The number of fused-ring (bicyclic) bond motifs is 1. The summed E-state index contributed by atoms with van der Waals surface area (Å²) in [4.78, 5) is 12.5. The third-order valence-electron chi connectivity index (χ3n) is 3.58. The molecule has 0 aromatic heterocycles. The van der Waals surface area contributed by atoms with E-state index in [1.807, 2.05) is 12.1 Å². The van der Waals surface area contributed by atoms with E-state index in [4.69, 9.17) is 9.47 Å². The highest BCUT2D eigenvalue weighted by Gasteiger charge is 2.16. The number of ether oxygens (including phenoxy) is 2. The van der Waals surface area contributed by atoms with Gasteiger partial charge in [0.05, 0.1) is 13.7 Å². The predicted octanol–water partition coefficient (Wildman–Crippen LogP) is 3.39. The van der Waals surface area contributed by atoms with Gasteiger partial charge in [0.25, 0.3) is 0 Å². The molecule has 0 saturated carbocycles. The Bertz CT molecular complexity index is 694. The van der Waals surface area contributed by atoms with Gasteiger partial charge in [-0.25, -0.2) is 4.39 Å². The molecule has 0 unspecified atom stereocenters. The second-order valence-electron chi connectivity index (χ2n) is 4.95. The van der Waals surface area contributed by atoms with Crippen molar-refractivity contribution < 1.29 is 18.7 Å². The van der Waals surface area contributed by atoms with Gasteiger partial charge in [0.2, 0.25) is 0 Å². The van der Waals surface area contributed by atoms with Crippen LogP contribution in [-0.2, 0) is 6.42 Å². The lowest BCUT2D eigenvalue weighted by atomic mass is 9.98. The molecule has 4 heteroatoms. The lowest BCUT2D eigenvalue weighted by Crippen LogP contribution is -2.10. The van der Waals surface area contributed by atoms with E-state index in [1.54, 1.807) is 6.07 Å². The number of hydrogen-bond acceptors (Lipinski definition) is 3. The summed E-state index contributed by atoms with van der Waals surface area (Å²) in [5.41, 5.74) is 2.03. The molecule has 1 heterocycles. The molecule has 0 atom stereocenters. The minimum Gasteiger partial charge on any atom is -0.494 e. The molecule has 3 rings (SSSR count).